The van der Waals surface area contributed by atoms with Crippen molar-refractivity contribution in [3.8, 4) is 5.75 Å². The number of ether oxygens (including phenoxy) is 2. The quantitative estimate of drug-likeness (QED) is 0.337. The third kappa shape index (κ3) is 4.80. The van der Waals surface area contributed by atoms with Gasteiger partial charge in [-0.25, -0.2) is 4.98 Å². The van der Waals surface area contributed by atoms with Crippen LogP contribution < -0.4 is 15.8 Å². The van der Waals surface area contributed by atoms with Crippen LogP contribution >= 0.6 is 11.3 Å². The predicted octanol–water partition coefficient (Wildman–Crippen LogP) is 4.99. The fourth-order valence-corrected chi connectivity index (χ4v) is 5.14. The van der Waals surface area contributed by atoms with Gasteiger partial charge in [0.15, 0.2) is 0 Å². The number of methoxy groups -OCH3 is 1. The highest BCUT2D eigenvalue weighted by Gasteiger charge is 2.31. The number of thiophene rings is 1. The van der Waals surface area contributed by atoms with Crippen LogP contribution in [0, 0.1) is 13.8 Å². The van der Waals surface area contributed by atoms with Gasteiger partial charge in [-0.1, -0.05) is 0 Å². The van der Waals surface area contributed by atoms with Gasteiger partial charge in [0.1, 0.15) is 15.5 Å². The SMILES string of the molecule is COCc1cc(C)nc2sc(C(=O)NCCc3c(C)[nH]c4ccc(OC(F)(F)F)cc34)c(N)c12. The molecule has 0 aliphatic heterocycles. The number of benzene rings is 1. The molecule has 4 rings (SSSR count). The minimum Gasteiger partial charge on any atom is -0.406 e. The molecule has 11 heteroatoms. The Morgan fingerprint density at radius 3 is 2.74 bits per heavy atom. The summed E-state index contributed by atoms with van der Waals surface area (Å²) in [5, 5.41) is 4.18. The summed E-state index contributed by atoms with van der Waals surface area (Å²) >= 11 is 1.21. The second-order valence-corrected chi connectivity index (χ2v) is 8.87. The molecule has 0 radical (unpaired) electrons. The number of aromatic nitrogens is 2. The number of alkyl halides is 3. The summed E-state index contributed by atoms with van der Waals surface area (Å²) in [5.74, 6) is -0.628. The Morgan fingerprint density at radius 2 is 2.03 bits per heavy atom. The van der Waals surface area contributed by atoms with E-state index in [-0.39, 0.29) is 18.2 Å². The third-order valence-corrected chi connectivity index (χ3v) is 6.50. The summed E-state index contributed by atoms with van der Waals surface area (Å²) in [6.45, 7) is 4.31. The number of rotatable bonds is 7. The van der Waals surface area contributed by atoms with Crippen molar-refractivity contribution in [2.75, 3.05) is 19.4 Å². The van der Waals surface area contributed by atoms with Crippen LogP contribution in [-0.2, 0) is 17.8 Å². The average molecular weight is 493 g/mol. The first-order chi connectivity index (χ1) is 16.1. The van der Waals surface area contributed by atoms with Crippen LogP contribution in [0.25, 0.3) is 21.1 Å². The van der Waals surface area contributed by atoms with E-state index < -0.39 is 6.36 Å². The summed E-state index contributed by atoms with van der Waals surface area (Å²) in [7, 11) is 1.59. The van der Waals surface area contributed by atoms with Gasteiger partial charge in [-0.15, -0.1) is 24.5 Å². The zero-order chi connectivity index (χ0) is 24.6. The second-order valence-electron chi connectivity index (χ2n) is 7.87. The van der Waals surface area contributed by atoms with Gasteiger partial charge in [-0.2, -0.15) is 0 Å². The molecule has 3 heterocycles. The minimum atomic E-state index is -4.77. The van der Waals surface area contributed by atoms with Crippen molar-refractivity contribution in [3.63, 3.8) is 0 Å². The lowest BCUT2D eigenvalue weighted by Gasteiger charge is -2.09. The molecule has 1 aromatic carbocycles. The van der Waals surface area contributed by atoms with Crippen LogP contribution in [0.15, 0.2) is 24.3 Å². The molecule has 4 aromatic rings. The first kappa shape index (κ1) is 23.8. The van der Waals surface area contributed by atoms with Crippen molar-refractivity contribution in [3.05, 3.63) is 51.7 Å². The van der Waals surface area contributed by atoms with Gasteiger partial charge in [0.2, 0.25) is 0 Å². The largest absolute Gasteiger partial charge is 0.573 e. The molecule has 180 valence electrons. The lowest BCUT2D eigenvalue weighted by atomic mass is 10.1. The lowest BCUT2D eigenvalue weighted by molar-refractivity contribution is -0.274. The van der Waals surface area contributed by atoms with Crippen molar-refractivity contribution in [1.82, 2.24) is 15.3 Å². The van der Waals surface area contributed by atoms with Crippen molar-refractivity contribution < 1.29 is 27.4 Å². The van der Waals surface area contributed by atoms with E-state index in [0.717, 1.165) is 22.5 Å². The highest BCUT2D eigenvalue weighted by Crippen LogP contribution is 2.36. The Bertz CT molecular complexity index is 1380. The molecule has 0 fully saturated rings. The Balaban J connectivity index is 1.53. The second kappa shape index (κ2) is 9.15. The van der Waals surface area contributed by atoms with Crippen LogP contribution in [-0.4, -0.2) is 35.9 Å². The van der Waals surface area contributed by atoms with Crippen molar-refractivity contribution in [2.24, 2.45) is 0 Å². The maximum atomic E-state index is 12.9. The van der Waals surface area contributed by atoms with Gasteiger partial charge < -0.3 is 25.5 Å². The van der Waals surface area contributed by atoms with E-state index in [4.69, 9.17) is 10.5 Å². The molecule has 0 spiro atoms. The van der Waals surface area contributed by atoms with Crippen molar-refractivity contribution in [1.29, 1.82) is 0 Å². The maximum absolute atomic E-state index is 12.9. The molecular formula is C23H23F3N4O3S. The van der Waals surface area contributed by atoms with Gasteiger partial charge in [-0.3, -0.25) is 4.79 Å². The number of amides is 1. The fraction of sp³-hybridized carbons (Fsp3) is 0.304. The Hall–Kier alpha value is -3.31. The van der Waals surface area contributed by atoms with E-state index in [1.807, 2.05) is 19.9 Å². The minimum absolute atomic E-state index is 0.266. The Kier molecular flexibility index (Phi) is 6.41. The number of fused-ring (bicyclic) bond motifs is 2. The summed E-state index contributed by atoms with van der Waals surface area (Å²) in [6.07, 6.45) is -4.36. The number of nitrogens with zero attached hydrogens (tertiary/aromatic N) is 1. The van der Waals surface area contributed by atoms with E-state index in [1.54, 1.807) is 7.11 Å². The first-order valence-corrected chi connectivity index (χ1v) is 11.2. The molecule has 0 unspecified atom stereocenters. The van der Waals surface area contributed by atoms with Gasteiger partial charge in [0, 0.05) is 41.3 Å². The molecule has 34 heavy (non-hydrogen) atoms. The standard InChI is InChI=1S/C23H23F3N4O3S/c1-11-8-13(10-32-3)18-19(27)20(34-22(18)29-11)21(31)28-7-6-15-12(2)30-17-5-4-14(9-16(15)17)33-23(24,25)26/h4-5,8-9,30H,6-7,10,27H2,1-3H3,(H,28,31). The zero-order valence-corrected chi connectivity index (χ0v) is 19.5. The van der Waals surface area contributed by atoms with E-state index in [1.165, 1.54) is 29.5 Å². The lowest BCUT2D eigenvalue weighted by Crippen LogP contribution is -2.25. The highest BCUT2D eigenvalue weighted by molar-refractivity contribution is 7.21. The van der Waals surface area contributed by atoms with E-state index in [0.29, 0.717) is 44.7 Å². The molecule has 0 saturated carbocycles. The molecule has 1 amide bonds. The number of aromatic amines is 1. The number of hydrogen-bond donors (Lipinski definition) is 3. The number of nitrogens with one attached hydrogen (secondary N) is 2. The van der Waals surface area contributed by atoms with Crippen molar-refractivity contribution in [2.45, 2.75) is 33.2 Å². The smallest absolute Gasteiger partial charge is 0.406 e. The summed E-state index contributed by atoms with van der Waals surface area (Å²) in [6, 6.07) is 6.02. The molecule has 0 aliphatic carbocycles. The number of hydrogen-bond acceptors (Lipinski definition) is 6. The first-order valence-electron chi connectivity index (χ1n) is 10.4. The maximum Gasteiger partial charge on any atom is 0.573 e. The summed E-state index contributed by atoms with van der Waals surface area (Å²) in [5.41, 5.74) is 10.6. The van der Waals surface area contributed by atoms with Crippen LogP contribution in [0.4, 0.5) is 18.9 Å². The normalized spacial score (nSPS) is 11.9. The number of nitrogen functional groups attached to an aromatic ring is 1. The van der Waals surface area contributed by atoms with Gasteiger partial charge in [0.05, 0.1) is 12.3 Å². The number of carbonyl (C=O) groups is 1. The zero-order valence-electron chi connectivity index (χ0n) is 18.7. The Labute approximate surface area is 197 Å². The molecule has 0 bridgehead atoms. The van der Waals surface area contributed by atoms with Gasteiger partial charge in [-0.05, 0) is 55.7 Å². The summed E-state index contributed by atoms with van der Waals surface area (Å²) < 4.78 is 47.1. The van der Waals surface area contributed by atoms with Crippen LogP contribution in [0.3, 0.4) is 0 Å². The average Bonchev–Trinajstić information content (AvgIpc) is 3.23. The molecule has 0 aliphatic rings. The number of H-pyrrole nitrogens is 1. The number of pyridine rings is 1. The third-order valence-electron chi connectivity index (χ3n) is 5.40. The highest BCUT2D eigenvalue weighted by atomic mass is 32.1. The number of carbonyl (C=O) groups excluding carboxylic acids is 1. The molecule has 7 nitrogen and oxygen atoms in total. The van der Waals surface area contributed by atoms with Crippen LogP contribution in [0.1, 0.15) is 32.2 Å². The molecule has 4 N–H and O–H groups in total. The monoisotopic (exact) mass is 492 g/mol. The fourth-order valence-electron chi connectivity index (χ4n) is 4.04. The molecule has 3 aromatic heterocycles. The Morgan fingerprint density at radius 1 is 1.26 bits per heavy atom. The molecular weight excluding hydrogens is 469 g/mol. The van der Waals surface area contributed by atoms with Crippen LogP contribution in [0.2, 0.25) is 0 Å². The van der Waals surface area contributed by atoms with Crippen molar-refractivity contribution >= 4 is 44.1 Å². The topological polar surface area (TPSA) is 102 Å². The predicted molar refractivity (Wildman–Crippen MR) is 125 cm³/mol. The summed E-state index contributed by atoms with van der Waals surface area (Å²) in [4.78, 5) is 21.6. The number of nitrogens with two attached hydrogens (primary N) is 1. The number of halogens is 3. The van der Waals surface area contributed by atoms with E-state index in [9.17, 15) is 18.0 Å². The molecule has 0 saturated heterocycles. The van der Waals surface area contributed by atoms with E-state index in [2.05, 4.69) is 20.0 Å². The number of aryl methyl sites for hydroxylation is 2. The van der Waals surface area contributed by atoms with Gasteiger partial charge >= 0.3 is 6.36 Å². The number of anilines is 1. The van der Waals surface area contributed by atoms with Crippen LogP contribution in [0.5, 0.6) is 5.75 Å². The van der Waals surface area contributed by atoms with Gasteiger partial charge in [0.25, 0.3) is 5.91 Å². The van der Waals surface area contributed by atoms with E-state index >= 15 is 0 Å². The molecule has 0 atom stereocenters.